The summed E-state index contributed by atoms with van der Waals surface area (Å²) in [4.78, 5) is 6.87. The number of rotatable bonds is 8. The van der Waals surface area contributed by atoms with Gasteiger partial charge in [-0.1, -0.05) is 32.9 Å². The van der Waals surface area contributed by atoms with E-state index in [-0.39, 0.29) is 0 Å². The monoisotopic (exact) mass is 275 g/mol. The lowest BCUT2D eigenvalue weighted by Gasteiger charge is -2.20. The highest BCUT2D eigenvalue weighted by Crippen LogP contribution is 2.15. The van der Waals surface area contributed by atoms with Gasteiger partial charge in [0.25, 0.3) is 0 Å². The van der Waals surface area contributed by atoms with Gasteiger partial charge in [0.2, 0.25) is 0 Å². The first-order valence-electron chi connectivity index (χ1n) is 7.48. The minimum atomic E-state index is 0.674. The van der Waals surface area contributed by atoms with Crippen molar-refractivity contribution in [3.8, 4) is 0 Å². The molecule has 0 radical (unpaired) electrons. The molecule has 0 atom stereocenters. The number of hydrogen-bond donors (Lipinski definition) is 1. The van der Waals surface area contributed by atoms with Gasteiger partial charge in [0.05, 0.1) is 0 Å². The van der Waals surface area contributed by atoms with E-state index in [2.05, 4.69) is 56.7 Å². The first-order chi connectivity index (χ1) is 9.42. The topological polar surface area (TPSA) is 28.2 Å². The number of nitrogens with zero attached hydrogens (tertiary/aromatic N) is 2. The highest BCUT2D eigenvalue weighted by atomic mass is 15.2. The third-order valence-corrected chi connectivity index (χ3v) is 3.07. The molecule has 1 aromatic heterocycles. The zero-order chi connectivity index (χ0) is 15.1. The molecule has 0 spiro atoms. The summed E-state index contributed by atoms with van der Waals surface area (Å²) in [6.07, 6.45) is 0.964. The van der Waals surface area contributed by atoms with Crippen LogP contribution in [0, 0.1) is 5.92 Å². The lowest BCUT2D eigenvalue weighted by atomic mass is 10.1. The summed E-state index contributed by atoms with van der Waals surface area (Å²) < 4.78 is 0. The molecular weight excluding hydrogens is 246 g/mol. The van der Waals surface area contributed by atoms with Crippen LogP contribution in [0.15, 0.2) is 24.3 Å². The lowest BCUT2D eigenvalue weighted by Crippen LogP contribution is -2.22. The molecule has 1 heterocycles. The molecule has 0 aliphatic heterocycles. The van der Waals surface area contributed by atoms with Crippen molar-refractivity contribution in [1.29, 1.82) is 0 Å². The van der Waals surface area contributed by atoms with Crippen LogP contribution in [-0.4, -0.2) is 25.1 Å². The molecule has 0 amide bonds. The largest absolute Gasteiger partial charge is 0.356 e. The van der Waals surface area contributed by atoms with Gasteiger partial charge < -0.3 is 10.2 Å². The van der Waals surface area contributed by atoms with E-state index in [1.807, 2.05) is 6.92 Å². The average molecular weight is 275 g/mol. The molecular formula is C17H29N3. The zero-order valence-electron chi connectivity index (χ0n) is 13.7. The fraction of sp³-hybridized carbons (Fsp3) is 0.588. The van der Waals surface area contributed by atoms with E-state index in [4.69, 9.17) is 4.98 Å². The third-order valence-electron chi connectivity index (χ3n) is 3.07. The van der Waals surface area contributed by atoms with Crippen LogP contribution in [0.2, 0.25) is 0 Å². The van der Waals surface area contributed by atoms with E-state index in [1.165, 1.54) is 5.56 Å². The summed E-state index contributed by atoms with van der Waals surface area (Å²) in [5.74, 6) is 1.71. The van der Waals surface area contributed by atoms with Crippen LogP contribution in [0.3, 0.4) is 0 Å². The minimum Gasteiger partial charge on any atom is -0.356 e. The average Bonchev–Trinajstić information content (AvgIpc) is 2.37. The number of likely N-dealkylation sites (N-methyl/N-ethyl adjacent to an activating group) is 1. The second kappa shape index (κ2) is 8.05. The number of aromatic nitrogens is 1. The maximum Gasteiger partial charge on any atom is 0.129 e. The van der Waals surface area contributed by atoms with E-state index in [0.717, 1.165) is 43.1 Å². The van der Waals surface area contributed by atoms with Gasteiger partial charge in [0.1, 0.15) is 5.82 Å². The van der Waals surface area contributed by atoms with Gasteiger partial charge in [0.15, 0.2) is 0 Å². The fourth-order valence-electron chi connectivity index (χ4n) is 2.10. The molecule has 0 saturated heterocycles. The second-order valence-corrected chi connectivity index (χ2v) is 6.02. The number of hydrogen-bond acceptors (Lipinski definition) is 3. The van der Waals surface area contributed by atoms with Crippen LogP contribution in [-0.2, 0) is 13.0 Å². The van der Waals surface area contributed by atoms with Gasteiger partial charge in [-0.2, -0.15) is 0 Å². The van der Waals surface area contributed by atoms with Gasteiger partial charge in [-0.15, -0.1) is 0 Å². The Morgan fingerprint density at radius 3 is 2.65 bits per heavy atom. The van der Waals surface area contributed by atoms with Crippen molar-refractivity contribution >= 4 is 5.82 Å². The molecule has 0 aliphatic carbocycles. The van der Waals surface area contributed by atoms with E-state index in [1.54, 1.807) is 0 Å². The van der Waals surface area contributed by atoms with Crippen molar-refractivity contribution in [3.05, 3.63) is 35.5 Å². The van der Waals surface area contributed by atoms with E-state index in [9.17, 15) is 0 Å². The van der Waals surface area contributed by atoms with Crippen LogP contribution in [0.4, 0.5) is 5.82 Å². The van der Waals surface area contributed by atoms with E-state index in [0.29, 0.717) is 5.92 Å². The van der Waals surface area contributed by atoms with Crippen LogP contribution in [0.1, 0.15) is 39.0 Å². The van der Waals surface area contributed by atoms with Gasteiger partial charge in [0, 0.05) is 25.8 Å². The Balaban J connectivity index is 2.82. The van der Waals surface area contributed by atoms with Gasteiger partial charge in [-0.05, 0) is 43.5 Å². The molecule has 3 nitrogen and oxygen atoms in total. The highest BCUT2D eigenvalue weighted by molar-refractivity contribution is 5.43. The molecule has 3 heteroatoms. The summed E-state index contributed by atoms with van der Waals surface area (Å²) in [6.45, 7) is 15.4. The summed E-state index contributed by atoms with van der Waals surface area (Å²) in [5.41, 5.74) is 3.61. The molecule has 112 valence electrons. The van der Waals surface area contributed by atoms with Crippen molar-refractivity contribution in [2.75, 3.05) is 25.0 Å². The summed E-state index contributed by atoms with van der Waals surface area (Å²) in [6, 6.07) is 4.38. The highest BCUT2D eigenvalue weighted by Gasteiger charge is 2.07. The van der Waals surface area contributed by atoms with Crippen molar-refractivity contribution < 1.29 is 0 Å². The number of anilines is 1. The van der Waals surface area contributed by atoms with Crippen molar-refractivity contribution in [1.82, 2.24) is 10.3 Å². The van der Waals surface area contributed by atoms with Gasteiger partial charge >= 0.3 is 0 Å². The SMILES string of the molecule is C=C(C)CN(C)c1cc(CNCC(C)C)cc(CC)n1. The first-order valence-corrected chi connectivity index (χ1v) is 7.48. The number of nitrogens with one attached hydrogen (secondary N) is 1. The summed E-state index contributed by atoms with van der Waals surface area (Å²) in [7, 11) is 2.07. The van der Waals surface area contributed by atoms with E-state index < -0.39 is 0 Å². The Morgan fingerprint density at radius 1 is 1.40 bits per heavy atom. The second-order valence-electron chi connectivity index (χ2n) is 6.02. The Morgan fingerprint density at radius 2 is 2.10 bits per heavy atom. The molecule has 1 rings (SSSR count). The molecule has 0 saturated carbocycles. The molecule has 1 N–H and O–H groups in total. The molecule has 0 fully saturated rings. The molecule has 20 heavy (non-hydrogen) atoms. The molecule has 0 aliphatic rings. The molecule has 0 aromatic carbocycles. The Labute approximate surface area is 124 Å². The maximum atomic E-state index is 4.71. The van der Waals surface area contributed by atoms with Crippen molar-refractivity contribution in [2.24, 2.45) is 5.92 Å². The van der Waals surface area contributed by atoms with Crippen LogP contribution < -0.4 is 10.2 Å². The molecule has 1 aromatic rings. The van der Waals surface area contributed by atoms with Gasteiger partial charge in [-0.3, -0.25) is 0 Å². The number of pyridine rings is 1. The van der Waals surface area contributed by atoms with Crippen molar-refractivity contribution in [2.45, 2.75) is 40.7 Å². The molecule has 0 bridgehead atoms. The summed E-state index contributed by atoms with van der Waals surface area (Å²) in [5, 5.41) is 3.50. The third kappa shape index (κ3) is 5.74. The first kappa shape index (κ1) is 16.7. The Kier molecular flexibility index (Phi) is 6.73. The predicted octanol–water partition coefficient (Wildman–Crippen LogP) is 3.40. The zero-order valence-corrected chi connectivity index (χ0v) is 13.7. The van der Waals surface area contributed by atoms with E-state index >= 15 is 0 Å². The summed E-state index contributed by atoms with van der Waals surface area (Å²) >= 11 is 0. The fourth-order valence-corrected chi connectivity index (χ4v) is 2.10. The smallest absolute Gasteiger partial charge is 0.129 e. The van der Waals surface area contributed by atoms with Crippen LogP contribution in [0.5, 0.6) is 0 Å². The molecule has 0 unspecified atom stereocenters. The van der Waals surface area contributed by atoms with Gasteiger partial charge in [-0.25, -0.2) is 4.98 Å². The minimum absolute atomic E-state index is 0.674. The Bertz CT molecular complexity index is 438. The van der Waals surface area contributed by atoms with Crippen LogP contribution in [0.25, 0.3) is 0 Å². The Hall–Kier alpha value is -1.35. The standard InChI is InChI=1S/C17H29N3/c1-7-16-8-15(11-18-10-13(2)3)9-17(19-16)20(6)12-14(4)5/h8-9,13,18H,4,7,10-12H2,1-3,5-6H3. The predicted molar refractivity (Wildman–Crippen MR) is 88.2 cm³/mol. The lowest BCUT2D eigenvalue weighted by molar-refractivity contribution is 0.552. The van der Waals surface area contributed by atoms with Crippen LogP contribution >= 0.6 is 0 Å². The number of aryl methyl sites for hydroxylation is 1. The maximum absolute atomic E-state index is 4.71. The van der Waals surface area contributed by atoms with Crippen molar-refractivity contribution in [3.63, 3.8) is 0 Å². The normalized spacial score (nSPS) is 10.9. The quantitative estimate of drug-likeness (QED) is 0.737.